The van der Waals surface area contributed by atoms with Crippen molar-refractivity contribution in [3.8, 4) is 0 Å². The summed E-state index contributed by atoms with van der Waals surface area (Å²) < 4.78 is 0. The summed E-state index contributed by atoms with van der Waals surface area (Å²) in [5.41, 5.74) is 1.35. The van der Waals surface area contributed by atoms with Crippen LogP contribution in [0.2, 0.25) is 5.02 Å². The normalized spacial score (nSPS) is 14.9. The van der Waals surface area contributed by atoms with Gasteiger partial charge < -0.3 is 5.32 Å². The SMILES string of the molecule is CCC(C)C(Cc1ccc(Cl)cc1)NC. The summed E-state index contributed by atoms with van der Waals surface area (Å²) in [6.45, 7) is 4.52. The smallest absolute Gasteiger partial charge is 0.0406 e. The summed E-state index contributed by atoms with van der Waals surface area (Å²) in [4.78, 5) is 0. The minimum absolute atomic E-state index is 0.552. The zero-order chi connectivity index (χ0) is 11.3. The summed E-state index contributed by atoms with van der Waals surface area (Å²) in [5.74, 6) is 0.700. The third kappa shape index (κ3) is 3.84. The van der Waals surface area contributed by atoms with Gasteiger partial charge in [-0.2, -0.15) is 0 Å². The minimum atomic E-state index is 0.552. The van der Waals surface area contributed by atoms with Gasteiger partial charge in [-0.05, 0) is 37.1 Å². The number of halogens is 1. The molecule has 0 spiro atoms. The lowest BCUT2D eigenvalue weighted by molar-refractivity contribution is 0.386. The molecule has 0 aliphatic rings. The molecule has 1 nitrogen and oxygen atoms in total. The van der Waals surface area contributed by atoms with Crippen LogP contribution in [0, 0.1) is 5.92 Å². The molecular weight excluding hydrogens is 206 g/mol. The molecule has 2 atom stereocenters. The standard InChI is InChI=1S/C13H20ClN/c1-4-10(2)13(15-3)9-11-5-7-12(14)8-6-11/h5-8,10,13,15H,4,9H2,1-3H3. The molecule has 1 rings (SSSR count). The molecule has 2 unspecified atom stereocenters. The number of hydrogen-bond acceptors (Lipinski definition) is 1. The van der Waals surface area contributed by atoms with Crippen molar-refractivity contribution in [2.24, 2.45) is 5.92 Å². The first-order chi connectivity index (χ1) is 7.17. The van der Waals surface area contributed by atoms with Crippen molar-refractivity contribution < 1.29 is 0 Å². The second kappa shape index (κ2) is 6.14. The monoisotopic (exact) mass is 225 g/mol. The largest absolute Gasteiger partial charge is 0.316 e. The predicted octanol–water partition coefficient (Wildman–Crippen LogP) is 3.52. The Hall–Kier alpha value is -0.530. The van der Waals surface area contributed by atoms with Gasteiger partial charge >= 0.3 is 0 Å². The number of benzene rings is 1. The van der Waals surface area contributed by atoms with Crippen LogP contribution >= 0.6 is 11.6 Å². The summed E-state index contributed by atoms with van der Waals surface area (Å²) in [7, 11) is 2.03. The van der Waals surface area contributed by atoms with E-state index in [-0.39, 0.29) is 0 Å². The van der Waals surface area contributed by atoms with Crippen LogP contribution in [-0.2, 0) is 6.42 Å². The highest BCUT2D eigenvalue weighted by Gasteiger charge is 2.13. The van der Waals surface area contributed by atoms with Gasteiger partial charge in [0.2, 0.25) is 0 Å². The van der Waals surface area contributed by atoms with Crippen LogP contribution in [0.1, 0.15) is 25.8 Å². The second-order valence-electron chi connectivity index (χ2n) is 4.11. The Balaban J connectivity index is 2.62. The molecule has 2 heteroatoms. The molecule has 0 aromatic heterocycles. The van der Waals surface area contributed by atoms with Gasteiger partial charge in [-0.25, -0.2) is 0 Å². The van der Waals surface area contributed by atoms with Gasteiger partial charge in [-0.15, -0.1) is 0 Å². The first-order valence-electron chi connectivity index (χ1n) is 5.59. The van der Waals surface area contributed by atoms with Gasteiger partial charge in [0.15, 0.2) is 0 Å². The van der Waals surface area contributed by atoms with Gasteiger partial charge in [-0.1, -0.05) is 44.0 Å². The van der Waals surface area contributed by atoms with Crippen LogP contribution in [0.25, 0.3) is 0 Å². The Kier molecular flexibility index (Phi) is 5.13. The highest BCUT2D eigenvalue weighted by Crippen LogP contribution is 2.15. The van der Waals surface area contributed by atoms with Crippen molar-refractivity contribution in [3.63, 3.8) is 0 Å². The van der Waals surface area contributed by atoms with E-state index >= 15 is 0 Å². The van der Waals surface area contributed by atoms with Crippen molar-refractivity contribution in [2.45, 2.75) is 32.7 Å². The van der Waals surface area contributed by atoms with E-state index in [1.807, 2.05) is 19.2 Å². The van der Waals surface area contributed by atoms with Crippen LogP contribution in [0.3, 0.4) is 0 Å². The van der Waals surface area contributed by atoms with Gasteiger partial charge in [0.1, 0.15) is 0 Å². The van der Waals surface area contributed by atoms with E-state index in [0.717, 1.165) is 11.4 Å². The molecule has 0 saturated heterocycles. The quantitative estimate of drug-likeness (QED) is 0.809. The Morgan fingerprint density at radius 1 is 1.27 bits per heavy atom. The van der Waals surface area contributed by atoms with E-state index in [1.54, 1.807) is 0 Å². The maximum atomic E-state index is 5.86. The number of likely N-dealkylation sites (N-methyl/N-ethyl adjacent to an activating group) is 1. The van der Waals surface area contributed by atoms with Gasteiger partial charge in [0.05, 0.1) is 0 Å². The molecule has 0 aliphatic heterocycles. The average molecular weight is 226 g/mol. The highest BCUT2D eigenvalue weighted by molar-refractivity contribution is 6.30. The Morgan fingerprint density at radius 2 is 1.87 bits per heavy atom. The van der Waals surface area contributed by atoms with E-state index in [2.05, 4.69) is 31.3 Å². The van der Waals surface area contributed by atoms with Crippen LogP contribution in [0.5, 0.6) is 0 Å². The van der Waals surface area contributed by atoms with Crippen LogP contribution in [0.4, 0.5) is 0 Å². The van der Waals surface area contributed by atoms with Gasteiger partial charge in [-0.3, -0.25) is 0 Å². The van der Waals surface area contributed by atoms with Crippen molar-refractivity contribution in [3.05, 3.63) is 34.9 Å². The lowest BCUT2D eigenvalue weighted by Crippen LogP contribution is -2.33. The first kappa shape index (κ1) is 12.5. The van der Waals surface area contributed by atoms with Crippen molar-refractivity contribution in [1.82, 2.24) is 5.32 Å². The first-order valence-corrected chi connectivity index (χ1v) is 5.96. The molecule has 0 bridgehead atoms. The van der Waals surface area contributed by atoms with Crippen molar-refractivity contribution in [2.75, 3.05) is 7.05 Å². The van der Waals surface area contributed by atoms with Crippen LogP contribution < -0.4 is 5.32 Å². The van der Waals surface area contributed by atoms with E-state index in [9.17, 15) is 0 Å². The topological polar surface area (TPSA) is 12.0 Å². The molecule has 0 aliphatic carbocycles. The van der Waals surface area contributed by atoms with E-state index < -0.39 is 0 Å². The fourth-order valence-corrected chi connectivity index (χ4v) is 1.87. The summed E-state index contributed by atoms with van der Waals surface area (Å²) in [5, 5.41) is 4.19. The number of rotatable bonds is 5. The molecule has 1 aromatic rings. The maximum absolute atomic E-state index is 5.86. The average Bonchev–Trinajstić information content (AvgIpc) is 2.27. The fraction of sp³-hybridized carbons (Fsp3) is 0.538. The van der Waals surface area contributed by atoms with Gasteiger partial charge in [0, 0.05) is 11.1 Å². The summed E-state index contributed by atoms with van der Waals surface area (Å²) >= 11 is 5.86. The van der Waals surface area contributed by atoms with E-state index in [0.29, 0.717) is 12.0 Å². The summed E-state index contributed by atoms with van der Waals surface area (Å²) in [6, 6.07) is 8.68. The molecule has 1 N–H and O–H groups in total. The highest BCUT2D eigenvalue weighted by atomic mass is 35.5. The van der Waals surface area contributed by atoms with E-state index in [1.165, 1.54) is 12.0 Å². The third-order valence-electron chi connectivity index (χ3n) is 3.07. The minimum Gasteiger partial charge on any atom is -0.316 e. The Morgan fingerprint density at radius 3 is 2.33 bits per heavy atom. The van der Waals surface area contributed by atoms with Gasteiger partial charge in [0.25, 0.3) is 0 Å². The van der Waals surface area contributed by atoms with Crippen LogP contribution in [0.15, 0.2) is 24.3 Å². The maximum Gasteiger partial charge on any atom is 0.0406 e. The molecule has 0 saturated carbocycles. The fourth-order valence-electron chi connectivity index (χ4n) is 1.75. The predicted molar refractivity (Wildman–Crippen MR) is 67.5 cm³/mol. The lowest BCUT2D eigenvalue weighted by atomic mass is 9.93. The number of nitrogens with one attached hydrogen (secondary N) is 1. The summed E-state index contributed by atoms with van der Waals surface area (Å²) in [6.07, 6.45) is 2.28. The second-order valence-corrected chi connectivity index (χ2v) is 4.55. The molecule has 0 amide bonds. The molecule has 1 aromatic carbocycles. The molecule has 0 heterocycles. The Bertz CT molecular complexity index is 281. The zero-order valence-electron chi connectivity index (χ0n) is 9.76. The lowest BCUT2D eigenvalue weighted by Gasteiger charge is -2.22. The van der Waals surface area contributed by atoms with E-state index in [4.69, 9.17) is 11.6 Å². The molecule has 84 valence electrons. The molecular formula is C13H20ClN. The Labute approximate surface area is 97.8 Å². The molecule has 15 heavy (non-hydrogen) atoms. The zero-order valence-corrected chi connectivity index (χ0v) is 10.5. The van der Waals surface area contributed by atoms with Crippen molar-refractivity contribution >= 4 is 11.6 Å². The third-order valence-corrected chi connectivity index (χ3v) is 3.32. The van der Waals surface area contributed by atoms with Crippen LogP contribution in [-0.4, -0.2) is 13.1 Å². The molecule has 0 radical (unpaired) electrons. The molecule has 0 fully saturated rings. The van der Waals surface area contributed by atoms with Crippen molar-refractivity contribution in [1.29, 1.82) is 0 Å². The number of hydrogen-bond donors (Lipinski definition) is 1.